The lowest BCUT2D eigenvalue weighted by molar-refractivity contribution is 0.0910. The topological polar surface area (TPSA) is 70.6 Å². The third-order valence-electron chi connectivity index (χ3n) is 4.78. The second-order valence-corrected chi connectivity index (χ2v) is 6.99. The van der Waals surface area contributed by atoms with Gasteiger partial charge in [-0.25, -0.2) is 0 Å². The van der Waals surface area contributed by atoms with Gasteiger partial charge in [-0.05, 0) is 42.5 Å². The summed E-state index contributed by atoms with van der Waals surface area (Å²) in [4.78, 5) is 12.4. The van der Waals surface area contributed by atoms with Crippen LogP contribution in [0.1, 0.15) is 34.8 Å². The molecular weight excluding hydrogens is 340 g/mol. The molecule has 0 saturated carbocycles. The quantitative estimate of drug-likeness (QED) is 0.635. The van der Waals surface area contributed by atoms with Crippen molar-refractivity contribution in [3.63, 3.8) is 0 Å². The van der Waals surface area contributed by atoms with Crippen LogP contribution in [0.25, 0.3) is 0 Å². The molecule has 1 amide bonds. The lowest BCUT2D eigenvalue weighted by Crippen LogP contribution is -2.41. The number of hydrogen-bond donors (Lipinski definition) is 3. The number of hydrogen-bond acceptors (Lipinski definition) is 4. The molecule has 2 aromatic carbocycles. The number of nitrogens with one attached hydrogen (secondary N) is 2. The highest BCUT2D eigenvalue weighted by molar-refractivity contribution is 5.96. The van der Waals surface area contributed by atoms with Crippen LogP contribution in [-0.2, 0) is 12.8 Å². The molecule has 0 heterocycles. The van der Waals surface area contributed by atoms with E-state index in [1.54, 1.807) is 12.1 Å². The number of fused-ring (bicyclic) bond motifs is 1. The molecule has 1 aliphatic carbocycles. The molecule has 5 heteroatoms. The Morgan fingerprint density at radius 2 is 1.78 bits per heavy atom. The van der Waals surface area contributed by atoms with Gasteiger partial charge in [0.05, 0.1) is 18.3 Å². The average molecular weight is 368 g/mol. The van der Waals surface area contributed by atoms with Crippen molar-refractivity contribution < 1.29 is 14.6 Å². The minimum absolute atomic E-state index is 0.202. The first-order chi connectivity index (χ1) is 13.2. The smallest absolute Gasteiger partial charge is 0.255 e. The summed E-state index contributed by atoms with van der Waals surface area (Å²) in [6.45, 7) is 3.25. The summed E-state index contributed by atoms with van der Waals surface area (Å²) in [5.74, 6) is 0.349. The highest BCUT2D eigenvalue weighted by atomic mass is 16.5. The van der Waals surface area contributed by atoms with Gasteiger partial charge in [0.15, 0.2) is 0 Å². The Labute approximate surface area is 160 Å². The Morgan fingerprint density at radius 3 is 2.48 bits per heavy atom. The molecule has 144 valence electrons. The number of benzene rings is 2. The number of aliphatic hydroxyl groups excluding tert-OH is 1. The van der Waals surface area contributed by atoms with Crippen LogP contribution in [0.2, 0.25) is 0 Å². The van der Waals surface area contributed by atoms with Crippen molar-refractivity contribution in [3.05, 3.63) is 65.2 Å². The fraction of sp³-hybridized carbons (Fsp3) is 0.409. The molecule has 0 bridgehead atoms. The second-order valence-electron chi connectivity index (χ2n) is 6.99. The molecule has 1 aliphatic rings. The number of ether oxygens (including phenoxy) is 1. The maximum Gasteiger partial charge on any atom is 0.255 e. The Hall–Kier alpha value is -2.37. The molecule has 27 heavy (non-hydrogen) atoms. The Bertz CT molecular complexity index is 738. The van der Waals surface area contributed by atoms with Crippen LogP contribution in [0, 0.1) is 0 Å². The molecule has 1 atom stereocenters. The second kappa shape index (κ2) is 9.53. The van der Waals surface area contributed by atoms with Crippen molar-refractivity contribution in [1.82, 2.24) is 10.6 Å². The van der Waals surface area contributed by atoms with E-state index in [2.05, 4.69) is 34.9 Å². The van der Waals surface area contributed by atoms with Crippen LogP contribution >= 0.6 is 0 Å². The summed E-state index contributed by atoms with van der Waals surface area (Å²) in [7, 11) is 0. The van der Waals surface area contributed by atoms with Gasteiger partial charge in [0, 0.05) is 19.1 Å². The monoisotopic (exact) mass is 368 g/mol. The molecular formula is C22H28N2O3. The number of carbonyl (C=O) groups is 1. The lowest BCUT2D eigenvalue weighted by Gasteiger charge is -2.17. The van der Waals surface area contributed by atoms with Gasteiger partial charge < -0.3 is 20.5 Å². The molecule has 0 radical (unpaired) electrons. The van der Waals surface area contributed by atoms with Gasteiger partial charge in [-0.1, -0.05) is 43.3 Å². The summed E-state index contributed by atoms with van der Waals surface area (Å²) in [5.41, 5.74) is 3.25. The maximum atomic E-state index is 12.4. The van der Waals surface area contributed by atoms with Crippen LogP contribution in [0.5, 0.6) is 5.75 Å². The Morgan fingerprint density at radius 1 is 1.11 bits per heavy atom. The molecule has 0 aromatic heterocycles. The zero-order valence-corrected chi connectivity index (χ0v) is 15.8. The molecule has 3 rings (SSSR count). The Balaban J connectivity index is 1.43. The SMILES string of the molecule is CCCOc1ccccc1C(=O)NCC(O)CNC1Cc2ccccc2C1. The zero-order chi connectivity index (χ0) is 19.1. The van der Waals surface area contributed by atoms with Crippen molar-refractivity contribution in [1.29, 1.82) is 0 Å². The summed E-state index contributed by atoms with van der Waals surface area (Å²) in [6.07, 6.45) is 2.21. The van der Waals surface area contributed by atoms with E-state index in [-0.39, 0.29) is 12.5 Å². The molecule has 0 aliphatic heterocycles. The first kappa shape index (κ1) is 19.4. The molecule has 0 spiro atoms. The molecule has 3 N–H and O–H groups in total. The van der Waals surface area contributed by atoms with Crippen LogP contribution in [0.15, 0.2) is 48.5 Å². The van der Waals surface area contributed by atoms with Crippen molar-refractivity contribution >= 4 is 5.91 Å². The van der Waals surface area contributed by atoms with Gasteiger partial charge in [0.1, 0.15) is 5.75 Å². The number of carbonyl (C=O) groups excluding carboxylic acids is 1. The third kappa shape index (κ3) is 5.31. The third-order valence-corrected chi connectivity index (χ3v) is 4.78. The van der Waals surface area contributed by atoms with Gasteiger partial charge in [0.25, 0.3) is 5.91 Å². The predicted octanol–water partition coefficient (Wildman–Crippen LogP) is 2.32. The van der Waals surface area contributed by atoms with Gasteiger partial charge in [-0.2, -0.15) is 0 Å². The summed E-state index contributed by atoms with van der Waals surface area (Å²) in [6, 6.07) is 16.0. The van der Waals surface area contributed by atoms with Crippen LogP contribution in [0.3, 0.4) is 0 Å². The minimum Gasteiger partial charge on any atom is -0.493 e. The number of para-hydroxylation sites is 1. The summed E-state index contributed by atoms with van der Waals surface area (Å²) < 4.78 is 5.62. The van der Waals surface area contributed by atoms with Gasteiger partial charge in [0.2, 0.25) is 0 Å². The molecule has 1 unspecified atom stereocenters. The van der Waals surface area contributed by atoms with Gasteiger partial charge in [-0.3, -0.25) is 4.79 Å². The lowest BCUT2D eigenvalue weighted by atomic mass is 10.1. The van der Waals surface area contributed by atoms with E-state index in [0.29, 0.717) is 30.5 Å². The normalized spacial score (nSPS) is 14.6. The van der Waals surface area contributed by atoms with E-state index >= 15 is 0 Å². The van der Waals surface area contributed by atoms with E-state index in [9.17, 15) is 9.90 Å². The molecule has 5 nitrogen and oxygen atoms in total. The molecule has 0 saturated heterocycles. The first-order valence-corrected chi connectivity index (χ1v) is 9.65. The van der Waals surface area contributed by atoms with Gasteiger partial charge >= 0.3 is 0 Å². The van der Waals surface area contributed by atoms with Crippen LogP contribution in [0.4, 0.5) is 0 Å². The largest absolute Gasteiger partial charge is 0.493 e. The maximum absolute atomic E-state index is 12.4. The Kier molecular flexibility index (Phi) is 6.85. The van der Waals surface area contributed by atoms with E-state index < -0.39 is 6.10 Å². The number of rotatable bonds is 9. The highest BCUT2D eigenvalue weighted by Gasteiger charge is 2.21. The summed E-state index contributed by atoms with van der Waals surface area (Å²) in [5, 5.41) is 16.4. The standard InChI is InChI=1S/C22H28N2O3/c1-2-11-27-21-10-6-5-9-20(21)22(26)24-15-19(25)14-23-18-12-16-7-3-4-8-17(16)13-18/h3-10,18-19,23,25H,2,11-15H2,1H3,(H,24,26). The van der Waals surface area contributed by atoms with Gasteiger partial charge in [-0.15, -0.1) is 0 Å². The molecule has 2 aromatic rings. The van der Waals surface area contributed by atoms with E-state index in [1.165, 1.54) is 11.1 Å². The van der Waals surface area contributed by atoms with Crippen LogP contribution in [-0.4, -0.2) is 42.9 Å². The average Bonchev–Trinajstić information content (AvgIpc) is 3.12. The fourth-order valence-corrected chi connectivity index (χ4v) is 3.38. The van der Waals surface area contributed by atoms with Crippen molar-refractivity contribution in [2.75, 3.05) is 19.7 Å². The fourth-order valence-electron chi connectivity index (χ4n) is 3.38. The van der Waals surface area contributed by atoms with Crippen molar-refractivity contribution in [3.8, 4) is 5.75 Å². The van der Waals surface area contributed by atoms with E-state index in [1.807, 2.05) is 19.1 Å². The number of amides is 1. The van der Waals surface area contributed by atoms with E-state index in [4.69, 9.17) is 4.74 Å². The minimum atomic E-state index is -0.638. The zero-order valence-electron chi connectivity index (χ0n) is 15.8. The predicted molar refractivity (Wildman–Crippen MR) is 106 cm³/mol. The molecule has 0 fully saturated rings. The summed E-state index contributed by atoms with van der Waals surface area (Å²) >= 11 is 0. The highest BCUT2D eigenvalue weighted by Crippen LogP contribution is 2.21. The van der Waals surface area contributed by atoms with Crippen molar-refractivity contribution in [2.24, 2.45) is 0 Å². The number of aliphatic hydroxyl groups is 1. The van der Waals surface area contributed by atoms with Crippen LogP contribution < -0.4 is 15.4 Å². The van der Waals surface area contributed by atoms with E-state index in [0.717, 1.165) is 19.3 Å². The van der Waals surface area contributed by atoms with Crippen molar-refractivity contribution in [2.45, 2.75) is 38.3 Å². The first-order valence-electron chi connectivity index (χ1n) is 9.65.